The molecular weight excluding hydrogens is 159 g/mol. The van der Waals surface area contributed by atoms with Crippen molar-refractivity contribution in [3.63, 3.8) is 0 Å². The minimum atomic E-state index is 0. The molecule has 1 aromatic carbocycles. The van der Waals surface area contributed by atoms with Gasteiger partial charge in [-0.2, -0.15) is 9.90 Å². The molecular formula is C7H11N2OP. The van der Waals surface area contributed by atoms with Crippen LogP contribution in [0.25, 0.3) is 11.1 Å². The third-order valence-electron chi connectivity index (χ3n) is 1.24. The van der Waals surface area contributed by atoms with Crippen LogP contribution in [0.15, 0.2) is 35.1 Å². The number of hydrogen-bond donors (Lipinski definition) is 1. The number of oxazole rings is 1. The summed E-state index contributed by atoms with van der Waals surface area (Å²) < 4.78 is 5.01. The molecule has 3 N–H and O–H groups in total. The predicted octanol–water partition coefficient (Wildman–Crippen LogP) is 2.05. The van der Waals surface area contributed by atoms with Gasteiger partial charge in [0.2, 0.25) is 0 Å². The number of aromatic nitrogens is 1. The van der Waals surface area contributed by atoms with E-state index in [0.717, 1.165) is 11.1 Å². The Kier molecular flexibility index (Phi) is 3.72. The molecule has 11 heavy (non-hydrogen) atoms. The van der Waals surface area contributed by atoms with E-state index in [1.165, 1.54) is 6.39 Å². The second-order valence-corrected chi connectivity index (χ2v) is 1.82. The van der Waals surface area contributed by atoms with Gasteiger partial charge in [-0.1, -0.05) is 12.1 Å². The number of hydrogen-bond acceptors (Lipinski definition) is 3. The highest BCUT2D eigenvalue weighted by atomic mass is 31.0. The Morgan fingerprint density at radius 2 is 1.91 bits per heavy atom. The van der Waals surface area contributed by atoms with Gasteiger partial charge >= 0.3 is 0 Å². The van der Waals surface area contributed by atoms with E-state index in [-0.39, 0.29) is 16.0 Å². The largest absolute Gasteiger partial charge is 0.443 e. The Bertz CT molecular complexity index is 290. The fourth-order valence-corrected chi connectivity index (χ4v) is 0.803. The van der Waals surface area contributed by atoms with Gasteiger partial charge in [-0.15, -0.1) is 0 Å². The van der Waals surface area contributed by atoms with Crippen LogP contribution in [0.2, 0.25) is 0 Å². The van der Waals surface area contributed by atoms with Gasteiger partial charge in [0.15, 0.2) is 12.0 Å². The normalized spacial score (nSPS) is 8.36. The average molecular weight is 170 g/mol. The second-order valence-electron chi connectivity index (χ2n) is 1.82. The van der Waals surface area contributed by atoms with E-state index in [1.807, 2.05) is 24.3 Å². The van der Waals surface area contributed by atoms with Crippen LogP contribution in [0, 0.1) is 0 Å². The van der Waals surface area contributed by atoms with Crippen LogP contribution in [0.5, 0.6) is 0 Å². The summed E-state index contributed by atoms with van der Waals surface area (Å²) in [5, 5.41) is 0. The summed E-state index contributed by atoms with van der Waals surface area (Å²) >= 11 is 0. The molecule has 2 aromatic rings. The number of nitrogens with zero attached hydrogens (tertiary/aromatic N) is 1. The van der Waals surface area contributed by atoms with Gasteiger partial charge in [-0.05, 0) is 12.1 Å². The van der Waals surface area contributed by atoms with Crippen molar-refractivity contribution >= 4 is 21.0 Å². The molecule has 3 nitrogen and oxygen atoms in total. The highest BCUT2D eigenvalue weighted by molar-refractivity contribution is 6.92. The van der Waals surface area contributed by atoms with Crippen LogP contribution in [-0.4, -0.2) is 4.98 Å². The van der Waals surface area contributed by atoms with Crippen LogP contribution in [0.4, 0.5) is 0 Å². The Morgan fingerprint density at radius 3 is 2.64 bits per heavy atom. The Hall–Kier alpha value is -0.920. The van der Waals surface area contributed by atoms with Gasteiger partial charge in [0.05, 0.1) is 0 Å². The van der Waals surface area contributed by atoms with E-state index in [0.29, 0.717) is 0 Å². The molecule has 60 valence electrons. The van der Waals surface area contributed by atoms with Crippen molar-refractivity contribution in [2.45, 2.75) is 0 Å². The van der Waals surface area contributed by atoms with E-state index in [1.54, 1.807) is 0 Å². The molecule has 0 radical (unpaired) electrons. The molecule has 0 bridgehead atoms. The Morgan fingerprint density at radius 1 is 1.18 bits per heavy atom. The molecule has 1 atom stereocenters. The van der Waals surface area contributed by atoms with Crippen LogP contribution >= 0.6 is 9.90 Å². The van der Waals surface area contributed by atoms with Crippen molar-refractivity contribution < 1.29 is 4.42 Å². The number of benzene rings is 1. The first kappa shape index (κ1) is 10.1. The van der Waals surface area contributed by atoms with Crippen LogP contribution in [0.1, 0.15) is 0 Å². The standard InChI is InChI=1S/C7H5NO.H3N.H3P/c1-2-4-7-6(3-1)8-5-9-7;;/h1-5H;2*1H3. The third kappa shape index (κ3) is 1.76. The molecule has 0 fully saturated rings. The summed E-state index contributed by atoms with van der Waals surface area (Å²) in [6.07, 6.45) is 1.45. The third-order valence-corrected chi connectivity index (χ3v) is 1.24. The lowest BCUT2D eigenvalue weighted by molar-refractivity contribution is 0.602. The van der Waals surface area contributed by atoms with Gasteiger partial charge in [-0.25, -0.2) is 4.98 Å². The van der Waals surface area contributed by atoms with Crippen LogP contribution in [-0.2, 0) is 0 Å². The van der Waals surface area contributed by atoms with Gasteiger partial charge in [0.1, 0.15) is 5.52 Å². The molecule has 0 spiro atoms. The van der Waals surface area contributed by atoms with Crippen molar-refractivity contribution in [2.24, 2.45) is 0 Å². The number of rotatable bonds is 0. The summed E-state index contributed by atoms with van der Waals surface area (Å²) in [6, 6.07) is 7.67. The Labute approximate surface area is 68.0 Å². The van der Waals surface area contributed by atoms with Gasteiger partial charge in [0, 0.05) is 0 Å². The van der Waals surface area contributed by atoms with E-state index < -0.39 is 0 Å². The van der Waals surface area contributed by atoms with Crippen molar-refractivity contribution in [3.8, 4) is 0 Å². The molecule has 1 unspecified atom stereocenters. The minimum absolute atomic E-state index is 0. The maximum atomic E-state index is 5.01. The van der Waals surface area contributed by atoms with E-state index >= 15 is 0 Å². The summed E-state index contributed by atoms with van der Waals surface area (Å²) in [7, 11) is 0. The maximum Gasteiger partial charge on any atom is 0.181 e. The summed E-state index contributed by atoms with van der Waals surface area (Å²) in [4.78, 5) is 3.95. The van der Waals surface area contributed by atoms with E-state index in [9.17, 15) is 0 Å². The predicted molar refractivity (Wildman–Crippen MR) is 50.1 cm³/mol. The molecule has 0 saturated carbocycles. The topological polar surface area (TPSA) is 61.0 Å². The Balaban J connectivity index is 0.000000500. The molecule has 1 aromatic heterocycles. The lowest BCUT2D eigenvalue weighted by Gasteiger charge is -1.79. The molecule has 0 amide bonds. The first-order valence-corrected chi connectivity index (χ1v) is 2.75. The molecule has 0 aliphatic heterocycles. The second kappa shape index (κ2) is 4.06. The van der Waals surface area contributed by atoms with Crippen molar-refractivity contribution in [1.82, 2.24) is 11.1 Å². The lowest BCUT2D eigenvalue weighted by atomic mass is 10.3. The summed E-state index contributed by atoms with van der Waals surface area (Å²) in [6.45, 7) is 0. The molecule has 1 heterocycles. The van der Waals surface area contributed by atoms with E-state index in [2.05, 4.69) is 4.98 Å². The molecule has 0 saturated heterocycles. The quantitative estimate of drug-likeness (QED) is 0.615. The van der Waals surface area contributed by atoms with Crippen molar-refractivity contribution in [1.29, 1.82) is 0 Å². The number of fused-ring (bicyclic) bond motifs is 1. The summed E-state index contributed by atoms with van der Waals surface area (Å²) in [5.74, 6) is 0. The van der Waals surface area contributed by atoms with Crippen molar-refractivity contribution in [3.05, 3.63) is 30.7 Å². The van der Waals surface area contributed by atoms with Crippen LogP contribution < -0.4 is 6.15 Å². The first-order chi connectivity index (χ1) is 4.47. The number of para-hydroxylation sites is 2. The fraction of sp³-hybridized carbons (Fsp3) is 0. The zero-order valence-corrected chi connectivity index (χ0v) is 7.57. The zero-order valence-electron chi connectivity index (χ0n) is 6.16. The first-order valence-electron chi connectivity index (χ1n) is 2.75. The molecule has 0 aliphatic rings. The van der Waals surface area contributed by atoms with Gasteiger partial charge in [0.25, 0.3) is 0 Å². The zero-order chi connectivity index (χ0) is 6.10. The highest BCUT2D eigenvalue weighted by Crippen LogP contribution is 2.09. The maximum absolute atomic E-state index is 5.01. The SMILES string of the molecule is N.P.c1ccc2ocnc2c1. The summed E-state index contributed by atoms with van der Waals surface area (Å²) in [5.41, 5.74) is 1.76. The molecule has 4 heteroatoms. The van der Waals surface area contributed by atoms with E-state index in [4.69, 9.17) is 4.42 Å². The lowest BCUT2D eigenvalue weighted by Crippen LogP contribution is -1.61. The van der Waals surface area contributed by atoms with Crippen molar-refractivity contribution in [2.75, 3.05) is 0 Å². The smallest absolute Gasteiger partial charge is 0.181 e. The van der Waals surface area contributed by atoms with Gasteiger partial charge in [-0.3, -0.25) is 0 Å². The monoisotopic (exact) mass is 170 g/mol. The average Bonchev–Trinajstić information content (AvgIpc) is 2.33. The van der Waals surface area contributed by atoms with Gasteiger partial charge < -0.3 is 10.6 Å². The molecule has 0 aliphatic carbocycles. The minimum Gasteiger partial charge on any atom is -0.443 e. The molecule has 2 rings (SSSR count). The fourth-order valence-electron chi connectivity index (χ4n) is 0.803. The highest BCUT2D eigenvalue weighted by Gasteiger charge is 1.91. The van der Waals surface area contributed by atoms with Crippen LogP contribution in [0.3, 0.4) is 0 Å².